The number of carbonyl (C=O) groups excluding carboxylic acids is 2. The number of rotatable bonds is 18. The highest BCUT2D eigenvalue weighted by atomic mass is 32.1. The number of anilines is 2. The fraction of sp³-hybridized carbons (Fsp3) is 0.442. The first-order chi connectivity index (χ1) is 31.8. The third-order valence-electron chi connectivity index (χ3n) is 12.1. The lowest BCUT2D eigenvalue weighted by molar-refractivity contribution is -0.120. The van der Waals surface area contributed by atoms with E-state index in [4.69, 9.17) is 27.0 Å². The quantitative estimate of drug-likeness (QED) is 0.0433. The topological polar surface area (TPSA) is 131 Å². The highest BCUT2D eigenvalue weighted by molar-refractivity contribution is 7.81. The smallest absolute Gasteiger partial charge is 0.265 e. The zero-order chi connectivity index (χ0) is 49.1. The van der Waals surface area contributed by atoms with Crippen LogP contribution in [-0.4, -0.2) is 61.9 Å². The van der Waals surface area contributed by atoms with Crippen LogP contribution in [-0.2, 0) is 19.7 Å². The van der Waals surface area contributed by atoms with Crippen LogP contribution in [0.1, 0.15) is 112 Å². The molecule has 4 aromatic rings. The summed E-state index contributed by atoms with van der Waals surface area (Å²) < 4.78 is 68.6. The number of unbranched alkanes of at least 4 members (excludes halogenated alkanes) is 2. The molecule has 2 heterocycles. The van der Waals surface area contributed by atoms with Gasteiger partial charge >= 0.3 is 0 Å². The standard InChI is InChI=1S/C28H32F2N4O4S.C24H28F2N2/c1-28(2)26(36)33(22-8-7-20(18-31)24(17-22)25(29)30)27(39)34(28)21-9-11-23(12-10-21)38-16-5-3-4-14-37-15-6-13-32-19-35;1-15-9-10-18(20(25)11-15)24(14-27)19(13-28-21(24)12-23(3,4)5)17-8-6-7-16(2)22(17)26/h7-12,17,19,25H,3-6,13-16H2,1-2H3,(H,32,35);6-11,19,21,28H,12-13H2,1-5H3/t;19-,21+,24-/m.1/s1. The van der Waals surface area contributed by atoms with Gasteiger partial charge in [0.1, 0.15) is 28.3 Å². The lowest BCUT2D eigenvalue weighted by Crippen LogP contribution is -2.44. The second-order valence-electron chi connectivity index (χ2n) is 18.7. The number of nitriles is 2. The Morgan fingerprint density at radius 3 is 2.27 bits per heavy atom. The summed E-state index contributed by atoms with van der Waals surface area (Å²) in [5.74, 6) is -0.862. The molecule has 4 aromatic carbocycles. The van der Waals surface area contributed by atoms with E-state index in [9.17, 15) is 23.6 Å². The minimum absolute atomic E-state index is 0.0685. The summed E-state index contributed by atoms with van der Waals surface area (Å²) in [5.41, 5.74) is 0.110. The molecule has 6 rings (SSSR count). The molecule has 2 aliphatic rings. The van der Waals surface area contributed by atoms with E-state index in [1.54, 1.807) is 80.3 Å². The van der Waals surface area contributed by atoms with Crippen molar-refractivity contribution in [2.24, 2.45) is 5.41 Å². The molecule has 0 saturated carbocycles. The molecule has 356 valence electrons. The summed E-state index contributed by atoms with van der Waals surface area (Å²) in [6.07, 6.45) is 2.04. The predicted octanol–water partition coefficient (Wildman–Crippen LogP) is 10.6. The van der Waals surface area contributed by atoms with Gasteiger partial charge in [-0.15, -0.1) is 0 Å². The number of ether oxygens (including phenoxy) is 2. The molecule has 3 atom stereocenters. The summed E-state index contributed by atoms with van der Waals surface area (Å²) in [4.78, 5) is 26.4. The van der Waals surface area contributed by atoms with Crippen LogP contribution in [0.2, 0.25) is 0 Å². The minimum atomic E-state index is -2.86. The zero-order valence-corrected chi connectivity index (χ0v) is 40.0. The second-order valence-corrected chi connectivity index (χ2v) is 19.0. The van der Waals surface area contributed by atoms with Gasteiger partial charge in [0, 0.05) is 55.1 Å². The van der Waals surface area contributed by atoms with Gasteiger partial charge in [0.05, 0.1) is 30.0 Å². The van der Waals surface area contributed by atoms with Crippen molar-refractivity contribution in [3.8, 4) is 17.9 Å². The highest BCUT2D eigenvalue weighted by Crippen LogP contribution is 2.50. The predicted molar refractivity (Wildman–Crippen MR) is 256 cm³/mol. The number of halogens is 4. The molecule has 2 aliphatic heterocycles. The molecule has 0 aromatic heterocycles. The van der Waals surface area contributed by atoms with E-state index in [1.807, 2.05) is 13.0 Å². The Bertz CT molecular complexity index is 2470. The molecule has 0 spiro atoms. The number of nitrogens with zero attached hydrogens (tertiary/aromatic N) is 4. The summed E-state index contributed by atoms with van der Waals surface area (Å²) in [6, 6.07) is 25.2. The van der Waals surface area contributed by atoms with E-state index < -0.39 is 34.7 Å². The van der Waals surface area contributed by atoms with Gasteiger partial charge in [0.2, 0.25) is 6.41 Å². The molecule has 10 nitrogen and oxygen atoms in total. The van der Waals surface area contributed by atoms with Gasteiger partial charge in [-0.25, -0.2) is 17.6 Å². The van der Waals surface area contributed by atoms with Crippen molar-refractivity contribution < 1.29 is 36.6 Å². The summed E-state index contributed by atoms with van der Waals surface area (Å²) >= 11 is 5.63. The molecular weight excluding hydrogens is 881 g/mol. The largest absolute Gasteiger partial charge is 0.494 e. The van der Waals surface area contributed by atoms with Crippen LogP contribution < -0.4 is 25.2 Å². The Labute approximate surface area is 397 Å². The average molecular weight is 941 g/mol. The molecule has 67 heavy (non-hydrogen) atoms. The van der Waals surface area contributed by atoms with Gasteiger partial charge in [0.15, 0.2) is 5.11 Å². The number of benzene rings is 4. The Morgan fingerprint density at radius 1 is 0.940 bits per heavy atom. The van der Waals surface area contributed by atoms with Crippen molar-refractivity contribution in [1.82, 2.24) is 10.6 Å². The highest BCUT2D eigenvalue weighted by Gasteiger charge is 2.55. The molecule has 0 radical (unpaired) electrons. The Kier molecular flexibility index (Phi) is 17.7. The zero-order valence-electron chi connectivity index (χ0n) is 39.2. The van der Waals surface area contributed by atoms with E-state index in [0.717, 1.165) is 37.3 Å². The Balaban J connectivity index is 0.000000264. The number of hydrogen-bond acceptors (Lipinski definition) is 8. The summed E-state index contributed by atoms with van der Waals surface area (Å²) in [5, 5.41) is 25.8. The van der Waals surface area contributed by atoms with Crippen LogP contribution in [0.3, 0.4) is 0 Å². The Hall–Kier alpha value is -5.87. The van der Waals surface area contributed by atoms with Crippen LogP contribution in [0.5, 0.6) is 5.75 Å². The minimum Gasteiger partial charge on any atom is -0.494 e. The number of amides is 2. The molecule has 2 saturated heterocycles. The van der Waals surface area contributed by atoms with Crippen molar-refractivity contribution in [2.45, 2.75) is 110 Å². The van der Waals surface area contributed by atoms with Crippen molar-refractivity contribution >= 4 is 41.0 Å². The summed E-state index contributed by atoms with van der Waals surface area (Å²) in [6.45, 7) is 16.2. The first-order valence-electron chi connectivity index (χ1n) is 22.5. The molecule has 2 fully saturated rings. The number of alkyl halides is 2. The van der Waals surface area contributed by atoms with Crippen LogP contribution in [0.4, 0.5) is 28.9 Å². The number of aryl methyl sites for hydroxylation is 2. The fourth-order valence-electron chi connectivity index (χ4n) is 8.74. The molecule has 0 aliphatic carbocycles. The lowest BCUT2D eigenvalue weighted by Gasteiger charge is -2.37. The van der Waals surface area contributed by atoms with Crippen molar-refractivity contribution in [2.75, 3.05) is 42.7 Å². The van der Waals surface area contributed by atoms with Crippen molar-refractivity contribution in [3.05, 3.63) is 124 Å². The number of hydrogen-bond donors (Lipinski definition) is 2. The monoisotopic (exact) mass is 940 g/mol. The Morgan fingerprint density at radius 2 is 1.63 bits per heavy atom. The number of carbonyl (C=O) groups is 2. The molecule has 2 amide bonds. The molecule has 2 N–H and O–H groups in total. The first-order valence-corrected chi connectivity index (χ1v) is 22.9. The van der Waals surface area contributed by atoms with Crippen LogP contribution in [0, 0.1) is 53.6 Å². The molecule has 0 bridgehead atoms. The van der Waals surface area contributed by atoms with E-state index >= 15 is 8.78 Å². The number of nitrogens with one attached hydrogen (secondary N) is 2. The van der Waals surface area contributed by atoms with E-state index in [2.05, 4.69) is 37.5 Å². The van der Waals surface area contributed by atoms with Gasteiger partial charge in [-0.2, -0.15) is 10.5 Å². The van der Waals surface area contributed by atoms with E-state index in [0.29, 0.717) is 73.9 Å². The van der Waals surface area contributed by atoms with Crippen molar-refractivity contribution in [1.29, 1.82) is 10.5 Å². The van der Waals surface area contributed by atoms with Crippen molar-refractivity contribution in [3.63, 3.8) is 0 Å². The summed E-state index contributed by atoms with van der Waals surface area (Å²) in [7, 11) is 0. The van der Waals surface area contributed by atoms with Gasteiger partial charge < -0.3 is 25.0 Å². The first kappa shape index (κ1) is 52.1. The third kappa shape index (κ3) is 12.0. The van der Waals surface area contributed by atoms with E-state index in [-0.39, 0.29) is 39.5 Å². The van der Waals surface area contributed by atoms with Gasteiger partial charge in [-0.3, -0.25) is 14.5 Å². The molecular formula is C52H60F4N6O4S. The maximum atomic E-state index is 15.1. The fourth-order valence-corrected chi connectivity index (χ4v) is 9.26. The SMILES string of the molecule is CC1(C)C(=O)N(c2ccc(C#N)c(C(F)F)c2)C(=S)N1c1ccc(OCCCCCOCCCNC=O)cc1.Cc1ccc([C@@]2(C#N)[C@H](CC(C)(C)C)NC[C@@H]2c2cccc(C)c2F)c(F)c1. The van der Waals surface area contributed by atoms with Gasteiger partial charge in [0.25, 0.3) is 12.3 Å². The second kappa shape index (κ2) is 22.8. The van der Waals surface area contributed by atoms with Gasteiger partial charge in [-0.05, 0) is 143 Å². The maximum absolute atomic E-state index is 15.1. The third-order valence-corrected chi connectivity index (χ3v) is 12.5. The molecule has 0 unspecified atom stereocenters. The number of thiocarbonyl (C=S) groups is 1. The van der Waals surface area contributed by atoms with Gasteiger partial charge in [-0.1, -0.05) is 51.1 Å². The van der Waals surface area contributed by atoms with Crippen LogP contribution in [0.15, 0.2) is 78.9 Å². The van der Waals surface area contributed by atoms with Crippen LogP contribution >= 0.6 is 12.2 Å². The molecule has 15 heteroatoms. The average Bonchev–Trinajstić information content (AvgIpc) is 3.71. The normalized spacial score (nSPS) is 18.9. The van der Waals surface area contributed by atoms with Crippen LogP contribution in [0.25, 0.3) is 0 Å². The lowest BCUT2D eigenvalue weighted by atomic mass is 9.64. The van der Waals surface area contributed by atoms with E-state index in [1.165, 1.54) is 23.1 Å². The maximum Gasteiger partial charge on any atom is 0.265 e.